The van der Waals surface area contributed by atoms with Crippen LogP contribution in [0.5, 0.6) is 0 Å². The van der Waals surface area contributed by atoms with Crippen molar-refractivity contribution in [2.24, 2.45) is 5.73 Å². The highest BCUT2D eigenvalue weighted by atomic mass is 79.9. The Bertz CT molecular complexity index is 300. The molecule has 1 atom stereocenters. The van der Waals surface area contributed by atoms with Gasteiger partial charge in [0.1, 0.15) is 0 Å². The number of nitrogens with two attached hydrogens (primary N) is 1. The van der Waals surface area contributed by atoms with E-state index in [1.807, 2.05) is 11.8 Å². The summed E-state index contributed by atoms with van der Waals surface area (Å²) in [5, 5.41) is 0.410. The molecule has 4 heteroatoms. The summed E-state index contributed by atoms with van der Waals surface area (Å²) in [7, 11) is 4.19. The highest BCUT2D eigenvalue weighted by molar-refractivity contribution is 9.10. The van der Waals surface area contributed by atoms with E-state index in [4.69, 9.17) is 5.73 Å². The van der Waals surface area contributed by atoms with E-state index in [0.29, 0.717) is 11.8 Å². The predicted molar refractivity (Wildman–Crippen MR) is 76.9 cm³/mol. The molecule has 0 aliphatic carbocycles. The first-order valence-corrected chi connectivity index (χ1v) is 7.19. The molecule has 0 amide bonds. The fourth-order valence-electron chi connectivity index (χ4n) is 1.36. The molecule has 0 bridgehead atoms. The number of benzene rings is 1. The summed E-state index contributed by atoms with van der Waals surface area (Å²) in [4.78, 5) is 2.20. The SMILES string of the molecule is CN(C)CCSC(CN)c1ccc(Br)cc1. The van der Waals surface area contributed by atoms with E-state index >= 15 is 0 Å². The van der Waals surface area contributed by atoms with Crippen LogP contribution >= 0.6 is 27.7 Å². The lowest BCUT2D eigenvalue weighted by Gasteiger charge is -2.16. The van der Waals surface area contributed by atoms with Crippen LogP contribution in [-0.2, 0) is 0 Å². The molecule has 16 heavy (non-hydrogen) atoms. The molecule has 2 N–H and O–H groups in total. The van der Waals surface area contributed by atoms with E-state index in [9.17, 15) is 0 Å². The van der Waals surface area contributed by atoms with Crippen molar-refractivity contribution in [3.8, 4) is 0 Å². The van der Waals surface area contributed by atoms with Gasteiger partial charge in [-0.3, -0.25) is 0 Å². The molecule has 1 rings (SSSR count). The highest BCUT2D eigenvalue weighted by Gasteiger charge is 2.09. The lowest BCUT2D eigenvalue weighted by Crippen LogP contribution is -2.17. The monoisotopic (exact) mass is 302 g/mol. The Labute approximate surface area is 111 Å². The van der Waals surface area contributed by atoms with E-state index in [-0.39, 0.29) is 0 Å². The summed E-state index contributed by atoms with van der Waals surface area (Å²) in [5.74, 6) is 1.12. The van der Waals surface area contributed by atoms with Gasteiger partial charge in [-0.05, 0) is 31.8 Å². The van der Waals surface area contributed by atoms with Gasteiger partial charge in [0.2, 0.25) is 0 Å². The number of halogens is 1. The van der Waals surface area contributed by atoms with Crippen LogP contribution in [0.15, 0.2) is 28.7 Å². The minimum Gasteiger partial charge on any atom is -0.329 e. The topological polar surface area (TPSA) is 29.3 Å². The second-order valence-corrected chi connectivity index (χ2v) is 6.18. The zero-order valence-electron chi connectivity index (χ0n) is 9.82. The Morgan fingerprint density at radius 2 is 1.94 bits per heavy atom. The first-order chi connectivity index (χ1) is 7.63. The number of hydrogen-bond donors (Lipinski definition) is 1. The first-order valence-electron chi connectivity index (χ1n) is 5.35. The lowest BCUT2D eigenvalue weighted by molar-refractivity contribution is 0.437. The van der Waals surface area contributed by atoms with Crippen molar-refractivity contribution in [1.29, 1.82) is 0 Å². The zero-order chi connectivity index (χ0) is 12.0. The smallest absolute Gasteiger partial charge is 0.0420 e. The minimum absolute atomic E-state index is 0.410. The maximum Gasteiger partial charge on any atom is 0.0420 e. The van der Waals surface area contributed by atoms with E-state index < -0.39 is 0 Å². The summed E-state index contributed by atoms with van der Waals surface area (Å²) in [5.41, 5.74) is 7.13. The Morgan fingerprint density at radius 1 is 1.31 bits per heavy atom. The second-order valence-electron chi connectivity index (χ2n) is 3.95. The molecule has 0 heterocycles. The van der Waals surface area contributed by atoms with Crippen LogP contribution in [0.2, 0.25) is 0 Å². The third-order valence-electron chi connectivity index (χ3n) is 2.31. The van der Waals surface area contributed by atoms with Gasteiger partial charge in [-0.1, -0.05) is 28.1 Å². The van der Waals surface area contributed by atoms with Crippen molar-refractivity contribution < 1.29 is 0 Å². The molecular formula is C12H19BrN2S. The Hall–Kier alpha value is -0.0300. The first kappa shape index (κ1) is 14.0. The van der Waals surface area contributed by atoms with E-state index in [2.05, 4.69) is 59.2 Å². The van der Waals surface area contributed by atoms with E-state index in [1.165, 1.54) is 5.56 Å². The molecule has 0 aliphatic heterocycles. The Morgan fingerprint density at radius 3 is 2.44 bits per heavy atom. The van der Waals surface area contributed by atoms with Crippen LogP contribution in [0.4, 0.5) is 0 Å². The standard InChI is InChI=1S/C12H19BrN2S/c1-15(2)7-8-16-12(9-14)10-3-5-11(13)6-4-10/h3-6,12H,7-9,14H2,1-2H3. The molecule has 90 valence electrons. The average molecular weight is 303 g/mol. The molecule has 0 aliphatic rings. The molecule has 0 spiro atoms. The molecule has 0 saturated carbocycles. The van der Waals surface area contributed by atoms with Gasteiger partial charge in [0.15, 0.2) is 0 Å². The third kappa shape index (κ3) is 4.87. The number of hydrogen-bond acceptors (Lipinski definition) is 3. The molecule has 0 saturated heterocycles. The molecule has 2 nitrogen and oxygen atoms in total. The summed E-state index contributed by atoms with van der Waals surface area (Å²) >= 11 is 5.37. The maximum atomic E-state index is 5.81. The summed E-state index contributed by atoms with van der Waals surface area (Å²) < 4.78 is 1.12. The van der Waals surface area contributed by atoms with Crippen molar-refractivity contribution in [3.05, 3.63) is 34.3 Å². The largest absolute Gasteiger partial charge is 0.329 e. The fourth-order valence-corrected chi connectivity index (χ4v) is 2.86. The summed E-state index contributed by atoms with van der Waals surface area (Å²) in [6, 6.07) is 8.43. The summed E-state index contributed by atoms with van der Waals surface area (Å²) in [6.45, 7) is 1.79. The Kier molecular flexibility index (Phi) is 6.43. The van der Waals surface area contributed by atoms with Gasteiger partial charge in [-0.25, -0.2) is 0 Å². The lowest BCUT2D eigenvalue weighted by atomic mass is 10.1. The van der Waals surface area contributed by atoms with Crippen molar-refractivity contribution in [1.82, 2.24) is 4.90 Å². The van der Waals surface area contributed by atoms with Crippen LogP contribution in [0.1, 0.15) is 10.8 Å². The third-order valence-corrected chi connectivity index (χ3v) is 4.13. The molecule has 1 aromatic rings. The number of rotatable bonds is 6. The molecule has 0 radical (unpaired) electrons. The van der Waals surface area contributed by atoms with Crippen LogP contribution in [0, 0.1) is 0 Å². The van der Waals surface area contributed by atoms with Crippen molar-refractivity contribution in [2.75, 3.05) is 32.9 Å². The minimum atomic E-state index is 0.410. The fraction of sp³-hybridized carbons (Fsp3) is 0.500. The van der Waals surface area contributed by atoms with Gasteiger partial charge in [0.05, 0.1) is 0 Å². The molecule has 1 aromatic carbocycles. The van der Waals surface area contributed by atoms with Gasteiger partial charge >= 0.3 is 0 Å². The van der Waals surface area contributed by atoms with Gasteiger partial charge in [0, 0.05) is 28.6 Å². The van der Waals surface area contributed by atoms with Crippen molar-refractivity contribution in [2.45, 2.75) is 5.25 Å². The van der Waals surface area contributed by atoms with E-state index in [1.54, 1.807) is 0 Å². The Balaban J connectivity index is 2.50. The zero-order valence-corrected chi connectivity index (χ0v) is 12.2. The van der Waals surface area contributed by atoms with Gasteiger partial charge in [-0.2, -0.15) is 11.8 Å². The number of thioether (sulfide) groups is 1. The molecule has 0 fully saturated rings. The van der Waals surface area contributed by atoms with Gasteiger partial charge in [-0.15, -0.1) is 0 Å². The second kappa shape index (κ2) is 7.33. The van der Waals surface area contributed by atoms with E-state index in [0.717, 1.165) is 16.8 Å². The highest BCUT2D eigenvalue weighted by Crippen LogP contribution is 2.28. The van der Waals surface area contributed by atoms with Crippen molar-refractivity contribution in [3.63, 3.8) is 0 Å². The van der Waals surface area contributed by atoms with Crippen LogP contribution in [0.25, 0.3) is 0 Å². The van der Waals surface area contributed by atoms with Crippen LogP contribution in [0.3, 0.4) is 0 Å². The quantitative estimate of drug-likeness (QED) is 0.876. The predicted octanol–water partition coefficient (Wildman–Crippen LogP) is 2.74. The number of nitrogens with zero attached hydrogens (tertiary/aromatic N) is 1. The van der Waals surface area contributed by atoms with Gasteiger partial charge in [0.25, 0.3) is 0 Å². The molecule has 0 aromatic heterocycles. The maximum absolute atomic E-state index is 5.81. The van der Waals surface area contributed by atoms with Gasteiger partial charge < -0.3 is 10.6 Å². The average Bonchev–Trinajstić information content (AvgIpc) is 2.26. The van der Waals surface area contributed by atoms with Crippen molar-refractivity contribution >= 4 is 27.7 Å². The normalized spacial score (nSPS) is 13.1. The molecular weight excluding hydrogens is 284 g/mol. The van der Waals surface area contributed by atoms with Crippen LogP contribution < -0.4 is 5.73 Å². The van der Waals surface area contributed by atoms with Crippen LogP contribution in [-0.4, -0.2) is 37.8 Å². The molecule has 1 unspecified atom stereocenters. The summed E-state index contributed by atoms with van der Waals surface area (Å²) in [6.07, 6.45) is 0.